The maximum Gasteiger partial charge on any atom is 0.229 e. The van der Waals surface area contributed by atoms with E-state index in [9.17, 15) is 18.4 Å². The standard InChI is InChI=1S/C32H33F2N3O5/c33-27-17-28(34)30(36-32(39)22-7-11-41-19-22)18-29(27)35-23-4-6-25-21(15-23)2-1-20-3-5-24(16-26(20)31(25)38)42-14-10-37-8-12-40-13-9-37/h3-6,15-18,22,35H,1-2,7-14,19H2,(H,36,39). The van der Waals surface area contributed by atoms with Crippen molar-refractivity contribution in [1.29, 1.82) is 0 Å². The Morgan fingerprint density at radius 1 is 0.905 bits per heavy atom. The van der Waals surface area contributed by atoms with Gasteiger partial charge in [0.1, 0.15) is 24.0 Å². The molecule has 220 valence electrons. The number of benzene rings is 3. The van der Waals surface area contributed by atoms with Crippen LogP contribution in [0.15, 0.2) is 48.5 Å². The van der Waals surface area contributed by atoms with Crippen LogP contribution in [0, 0.1) is 17.6 Å². The average Bonchev–Trinajstić information content (AvgIpc) is 3.50. The predicted molar refractivity (Wildman–Crippen MR) is 154 cm³/mol. The Morgan fingerprint density at radius 3 is 2.52 bits per heavy atom. The normalized spacial score (nSPS) is 18.6. The van der Waals surface area contributed by atoms with Crippen LogP contribution in [0.2, 0.25) is 0 Å². The zero-order chi connectivity index (χ0) is 29.1. The van der Waals surface area contributed by atoms with E-state index in [4.69, 9.17) is 14.2 Å². The van der Waals surface area contributed by atoms with Gasteiger partial charge in [-0.25, -0.2) is 8.78 Å². The van der Waals surface area contributed by atoms with Crippen LogP contribution in [0.5, 0.6) is 5.75 Å². The molecule has 0 spiro atoms. The first kappa shape index (κ1) is 28.3. The molecule has 0 radical (unpaired) electrons. The van der Waals surface area contributed by atoms with Gasteiger partial charge in [0.05, 0.1) is 37.1 Å². The molecular weight excluding hydrogens is 544 g/mol. The van der Waals surface area contributed by atoms with Crippen LogP contribution >= 0.6 is 0 Å². The van der Waals surface area contributed by atoms with E-state index in [0.29, 0.717) is 55.0 Å². The maximum atomic E-state index is 14.7. The number of morpholine rings is 1. The second kappa shape index (κ2) is 12.6. The Labute approximate surface area is 242 Å². The molecule has 1 aliphatic carbocycles. The number of carbonyl (C=O) groups is 2. The van der Waals surface area contributed by atoms with Crippen molar-refractivity contribution in [3.8, 4) is 5.75 Å². The first-order valence-electron chi connectivity index (χ1n) is 14.3. The van der Waals surface area contributed by atoms with E-state index in [2.05, 4.69) is 15.5 Å². The number of rotatable bonds is 8. The van der Waals surface area contributed by atoms with Gasteiger partial charge in [0.15, 0.2) is 5.78 Å². The number of anilines is 3. The Morgan fingerprint density at radius 2 is 1.71 bits per heavy atom. The third-order valence-corrected chi connectivity index (χ3v) is 8.01. The van der Waals surface area contributed by atoms with Gasteiger partial charge in [0, 0.05) is 49.1 Å². The summed E-state index contributed by atoms with van der Waals surface area (Å²) in [5.41, 5.74) is 3.42. The lowest BCUT2D eigenvalue weighted by molar-refractivity contribution is -0.119. The fourth-order valence-corrected chi connectivity index (χ4v) is 5.58. The molecule has 0 saturated carbocycles. The van der Waals surface area contributed by atoms with Crippen molar-refractivity contribution in [2.75, 3.05) is 63.3 Å². The first-order valence-corrected chi connectivity index (χ1v) is 14.3. The molecule has 3 aromatic rings. The van der Waals surface area contributed by atoms with Gasteiger partial charge in [-0.3, -0.25) is 14.5 Å². The fourth-order valence-electron chi connectivity index (χ4n) is 5.58. The number of amides is 1. The highest BCUT2D eigenvalue weighted by Gasteiger charge is 2.25. The van der Waals surface area contributed by atoms with Crippen molar-refractivity contribution < 1.29 is 32.6 Å². The number of hydrogen-bond donors (Lipinski definition) is 2. The molecule has 0 aromatic heterocycles. The van der Waals surface area contributed by atoms with Crippen LogP contribution in [-0.4, -0.2) is 69.3 Å². The lowest BCUT2D eigenvalue weighted by Crippen LogP contribution is -2.38. The molecule has 2 heterocycles. The number of halogens is 2. The minimum atomic E-state index is -0.861. The van der Waals surface area contributed by atoms with Crippen LogP contribution in [-0.2, 0) is 27.1 Å². The third-order valence-electron chi connectivity index (χ3n) is 8.01. The number of ether oxygens (including phenoxy) is 3. The van der Waals surface area contributed by atoms with Gasteiger partial charge in [0.2, 0.25) is 5.91 Å². The summed E-state index contributed by atoms with van der Waals surface area (Å²) in [7, 11) is 0. The van der Waals surface area contributed by atoms with E-state index in [1.54, 1.807) is 12.1 Å². The summed E-state index contributed by atoms with van der Waals surface area (Å²) in [5.74, 6) is -1.81. The third kappa shape index (κ3) is 6.30. The zero-order valence-corrected chi connectivity index (χ0v) is 23.2. The topological polar surface area (TPSA) is 89.1 Å². The van der Waals surface area contributed by atoms with Crippen molar-refractivity contribution in [1.82, 2.24) is 4.90 Å². The van der Waals surface area contributed by atoms with Crippen molar-refractivity contribution >= 4 is 28.8 Å². The highest BCUT2D eigenvalue weighted by molar-refractivity contribution is 6.11. The predicted octanol–water partition coefficient (Wildman–Crippen LogP) is 4.72. The van der Waals surface area contributed by atoms with E-state index >= 15 is 0 Å². The molecule has 10 heteroatoms. The molecule has 2 saturated heterocycles. The van der Waals surface area contributed by atoms with Gasteiger partial charge >= 0.3 is 0 Å². The van der Waals surface area contributed by atoms with E-state index in [1.807, 2.05) is 24.3 Å². The molecule has 1 unspecified atom stereocenters. The number of nitrogens with zero attached hydrogens (tertiary/aromatic N) is 1. The zero-order valence-electron chi connectivity index (χ0n) is 23.2. The quantitative estimate of drug-likeness (QED) is 0.401. The Kier molecular flexibility index (Phi) is 8.46. The maximum absolute atomic E-state index is 14.7. The van der Waals surface area contributed by atoms with Crippen LogP contribution in [0.1, 0.15) is 33.5 Å². The number of fused-ring (bicyclic) bond motifs is 2. The molecule has 42 heavy (non-hydrogen) atoms. The Bertz CT molecular complexity index is 1490. The van der Waals surface area contributed by atoms with Gasteiger partial charge in [-0.05, 0) is 66.8 Å². The summed E-state index contributed by atoms with van der Waals surface area (Å²) in [6.07, 6.45) is 1.84. The van der Waals surface area contributed by atoms with E-state index in [0.717, 1.165) is 50.0 Å². The molecular formula is C32H33F2N3O5. The van der Waals surface area contributed by atoms with Crippen LogP contribution in [0.25, 0.3) is 0 Å². The highest BCUT2D eigenvalue weighted by atomic mass is 19.1. The summed E-state index contributed by atoms with van der Waals surface area (Å²) < 4.78 is 45.8. The molecule has 0 bridgehead atoms. The minimum absolute atomic E-state index is 0.0106. The molecule has 3 aromatic carbocycles. The van der Waals surface area contributed by atoms with Crippen molar-refractivity contribution in [2.45, 2.75) is 19.3 Å². The van der Waals surface area contributed by atoms with Gasteiger partial charge in [-0.2, -0.15) is 0 Å². The first-order chi connectivity index (χ1) is 20.4. The van der Waals surface area contributed by atoms with Gasteiger partial charge in [0.25, 0.3) is 0 Å². The summed E-state index contributed by atoms with van der Waals surface area (Å²) in [4.78, 5) is 28.3. The lowest BCUT2D eigenvalue weighted by Gasteiger charge is -2.26. The number of aryl methyl sites for hydroxylation is 2. The molecule has 1 atom stereocenters. The van der Waals surface area contributed by atoms with Crippen LogP contribution < -0.4 is 15.4 Å². The second-order valence-corrected chi connectivity index (χ2v) is 10.8. The Hall–Kier alpha value is -3.86. The molecule has 2 aliphatic heterocycles. The van der Waals surface area contributed by atoms with E-state index in [1.165, 1.54) is 6.07 Å². The smallest absolute Gasteiger partial charge is 0.229 e. The molecule has 6 rings (SSSR count). The Balaban J connectivity index is 1.15. The van der Waals surface area contributed by atoms with Gasteiger partial charge in [-0.1, -0.05) is 6.07 Å². The average molecular weight is 578 g/mol. The summed E-state index contributed by atoms with van der Waals surface area (Å²) in [6, 6.07) is 12.9. The largest absolute Gasteiger partial charge is 0.492 e. The van der Waals surface area contributed by atoms with E-state index < -0.39 is 11.6 Å². The van der Waals surface area contributed by atoms with Crippen molar-refractivity contribution in [3.05, 3.63) is 82.4 Å². The number of carbonyl (C=O) groups excluding carboxylic acids is 2. The van der Waals surface area contributed by atoms with Crippen molar-refractivity contribution in [3.63, 3.8) is 0 Å². The number of hydrogen-bond acceptors (Lipinski definition) is 7. The van der Waals surface area contributed by atoms with E-state index in [-0.39, 0.29) is 35.6 Å². The molecule has 2 N–H and O–H groups in total. The summed E-state index contributed by atoms with van der Waals surface area (Å²) in [6.45, 7) is 5.33. The summed E-state index contributed by atoms with van der Waals surface area (Å²) >= 11 is 0. The van der Waals surface area contributed by atoms with Crippen molar-refractivity contribution in [2.24, 2.45) is 5.92 Å². The highest BCUT2D eigenvalue weighted by Crippen LogP contribution is 2.32. The monoisotopic (exact) mass is 577 g/mol. The number of nitrogens with one attached hydrogen (secondary N) is 2. The summed E-state index contributed by atoms with van der Waals surface area (Å²) in [5, 5.41) is 5.54. The minimum Gasteiger partial charge on any atom is -0.492 e. The lowest BCUT2D eigenvalue weighted by atomic mass is 9.98. The SMILES string of the molecule is O=C1c2ccc(Nc3cc(NC(=O)C4CCOC4)c(F)cc3F)cc2CCc2ccc(OCCN3CCOCC3)cc21. The van der Waals surface area contributed by atoms with Gasteiger partial charge in [-0.15, -0.1) is 0 Å². The molecule has 2 fully saturated rings. The fraction of sp³-hybridized carbons (Fsp3) is 0.375. The van der Waals surface area contributed by atoms with Gasteiger partial charge < -0.3 is 24.8 Å². The van der Waals surface area contributed by atoms with Crippen LogP contribution in [0.4, 0.5) is 25.8 Å². The van der Waals surface area contributed by atoms with Crippen LogP contribution in [0.3, 0.4) is 0 Å². The molecule has 8 nitrogen and oxygen atoms in total. The molecule has 1 amide bonds. The number of ketones is 1. The second-order valence-electron chi connectivity index (χ2n) is 10.8. The molecule has 3 aliphatic rings.